The number of ether oxygens (including phenoxy) is 4. The Hall–Kier alpha value is -6.72. The number of nitrogens with one attached hydrogen (secondary N) is 2. The fraction of sp³-hybridized carbons (Fsp3) is 0.333. The first-order valence-electron chi connectivity index (χ1n) is 21.0. The number of hydrogen-bond donors (Lipinski definition) is 2. The number of aromatic nitrogens is 1. The lowest BCUT2D eigenvalue weighted by Gasteiger charge is -2.50. The summed E-state index contributed by atoms with van der Waals surface area (Å²) in [7, 11) is 0. The summed E-state index contributed by atoms with van der Waals surface area (Å²) in [5.74, 6) is -2.13. The predicted octanol–water partition coefficient (Wildman–Crippen LogP) is 7.48. The minimum Gasteiger partial charge on any atom is -0.448 e. The number of benzene rings is 3. The molecule has 3 aromatic carbocycles. The standard InChI is InChI=1S/C48H50FN5O10S/c1-47(2,3)62-45(58)51-41-43-54(64-41)39(44(57)61-40(31-13-9-7-10-14-31)32-15-11-8-12-16-32)34(29-65-43)25-33-21-24-53(42(33)56)27-30-19-22-52(23-20-30)28-38(55)50-35-17-18-37(36(49)26-35)60-46(59)63-48(4,5)6/h7-20,22-23,25-26,40-41,43H,21,24,27-29H2,1-6H3,(H-,50,51,55,58)/p+1. The fourth-order valence-electron chi connectivity index (χ4n) is 7.09. The van der Waals surface area contributed by atoms with Crippen molar-refractivity contribution in [3.8, 4) is 5.75 Å². The van der Waals surface area contributed by atoms with Gasteiger partial charge in [-0.1, -0.05) is 60.7 Å². The summed E-state index contributed by atoms with van der Waals surface area (Å²) < 4.78 is 38.0. The van der Waals surface area contributed by atoms with E-state index in [1.165, 1.54) is 29.0 Å². The van der Waals surface area contributed by atoms with Crippen molar-refractivity contribution in [2.45, 2.75) is 90.0 Å². The molecule has 2 N–H and O–H groups in total. The van der Waals surface area contributed by atoms with Crippen LogP contribution >= 0.6 is 11.8 Å². The highest BCUT2D eigenvalue weighted by atomic mass is 32.2. The summed E-state index contributed by atoms with van der Waals surface area (Å²) in [5, 5.41) is 6.34. The van der Waals surface area contributed by atoms with Crippen LogP contribution in [0, 0.1) is 5.82 Å². The maximum Gasteiger partial charge on any atom is 0.514 e. The van der Waals surface area contributed by atoms with Crippen LogP contribution in [-0.4, -0.2) is 75.1 Å². The van der Waals surface area contributed by atoms with Crippen molar-refractivity contribution in [2.75, 3.05) is 17.6 Å². The number of alkyl carbamates (subject to hydrolysis) is 1. The number of carbonyl (C=O) groups is 5. The third kappa shape index (κ3) is 12.1. The molecule has 15 nitrogen and oxygen atoms in total. The van der Waals surface area contributed by atoms with Crippen molar-refractivity contribution < 1.29 is 56.7 Å². The zero-order valence-corrected chi connectivity index (χ0v) is 37.7. The molecule has 2 unspecified atom stereocenters. The number of halogens is 1. The summed E-state index contributed by atoms with van der Waals surface area (Å²) in [6.45, 7) is 10.9. The Labute approximate surface area is 380 Å². The molecular weight excluding hydrogens is 858 g/mol. The zero-order valence-electron chi connectivity index (χ0n) is 36.9. The summed E-state index contributed by atoms with van der Waals surface area (Å²) in [6.07, 6.45) is 2.37. The molecule has 17 heteroatoms. The summed E-state index contributed by atoms with van der Waals surface area (Å²) >= 11 is 1.45. The SMILES string of the molecule is CC(C)(C)OC(=O)NC1ON2C(C(=O)OC(c3ccccc3)c3ccccc3)=C(C=C3CCN(Cc4cc[n+](CC(=O)Nc5ccc(OC(=O)OC(C)(C)C)c(F)c5)cc4)C3=O)CSC12. The molecule has 2 saturated heterocycles. The Morgan fingerprint density at radius 2 is 1.55 bits per heavy atom. The van der Waals surface area contributed by atoms with Gasteiger partial charge in [0.2, 0.25) is 12.5 Å². The number of hydroxylamine groups is 2. The third-order valence-electron chi connectivity index (χ3n) is 9.95. The topological polar surface area (TPSA) is 166 Å². The van der Waals surface area contributed by atoms with Crippen LogP contribution in [0.5, 0.6) is 5.75 Å². The third-order valence-corrected chi connectivity index (χ3v) is 11.2. The Morgan fingerprint density at radius 3 is 2.17 bits per heavy atom. The van der Waals surface area contributed by atoms with Gasteiger partial charge < -0.3 is 29.2 Å². The van der Waals surface area contributed by atoms with E-state index < -0.39 is 58.9 Å². The van der Waals surface area contributed by atoms with Crippen LogP contribution in [0.1, 0.15) is 70.8 Å². The first-order valence-corrected chi connectivity index (χ1v) is 22.0. The lowest BCUT2D eigenvalue weighted by Crippen LogP contribution is -2.65. The van der Waals surface area contributed by atoms with Crippen LogP contribution in [0.15, 0.2) is 126 Å². The minimum absolute atomic E-state index is 0.0810. The van der Waals surface area contributed by atoms with Crippen LogP contribution in [0.2, 0.25) is 0 Å². The first-order chi connectivity index (χ1) is 30.9. The first kappa shape index (κ1) is 46.3. The van der Waals surface area contributed by atoms with E-state index in [9.17, 15) is 28.4 Å². The number of allylic oxidation sites excluding steroid dienone is 1. The minimum atomic E-state index is -1.05. The number of likely N-dealkylation sites (tertiary alicyclic amines) is 1. The van der Waals surface area contributed by atoms with Crippen molar-refractivity contribution >= 4 is 47.5 Å². The van der Waals surface area contributed by atoms with E-state index in [-0.39, 0.29) is 29.6 Å². The van der Waals surface area contributed by atoms with Crippen LogP contribution in [-0.2, 0) is 46.5 Å². The van der Waals surface area contributed by atoms with Crippen LogP contribution in [0.4, 0.5) is 19.7 Å². The molecule has 1 aromatic heterocycles. The fourth-order valence-corrected chi connectivity index (χ4v) is 8.24. The molecule has 65 heavy (non-hydrogen) atoms. The number of esters is 1. The molecule has 2 fully saturated rings. The van der Waals surface area contributed by atoms with E-state index in [1.807, 2.05) is 60.7 Å². The molecule has 340 valence electrons. The summed E-state index contributed by atoms with van der Waals surface area (Å²) in [5.41, 5.74) is 2.19. The lowest BCUT2D eigenvalue weighted by molar-refractivity contribution is -0.684. The molecule has 7 rings (SSSR count). The van der Waals surface area contributed by atoms with E-state index in [1.54, 1.807) is 81.6 Å². The van der Waals surface area contributed by atoms with Gasteiger partial charge in [0.1, 0.15) is 16.6 Å². The van der Waals surface area contributed by atoms with Crippen molar-refractivity contribution in [1.29, 1.82) is 0 Å². The molecular formula is C48H51FN5O10S+. The van der Waals surface area contributed by atoms with Gasteiger partial charge in [0.25, 0.3) is 5.91 Å². The quantitative estimate of drug-likeness (QED) is 0.0474. The van der Waals surface area contributed by atoms with E-state index in [0.29, 0.717) is 36.4 Å². The van der Waals surface area contributed by atoms with E-state index >= 15 is 0 Å². The van der Waals surface area contributed by atoms with Gasteiger partial charge in [-0.3, -0.25) is 14.9 Å². The Kier molecular flexibility index (Phi) is 13.9. The van der Waals surface area contributed by atoms with Gasteiger partial charge in [0.05, 0.1) is 0 Å². The number of rotatable bonds is 12. The molecule has 3 aliphatic heterocycles. The number of fused-ring (bicyclic) bond motifs is 1. The van der Waals surface area contributed by atoms with Gasteiger partial charge in [0.15, 0.2) is 42.0 Å². The predicted molar refractivity (Wildman–Crippen MR) is 237 cm³/mol. The molecule has 3 aliphatic rings. The normalized spacial score (nSPS) is 17.9. The van der Waals surface area contributed by atoms with Crippen LogP contribution in [0.3, 0.4) is 0 Å². The van der Waals surface area contributed by atoms with Crippen LogP contribution in [0.25, 0.3) is 0 Å². The molecule has 0 spiro atoms. The molecule has 3 amide bonds. The van der Waals surface area contributed by atoms with E-state index in [0.717, 1.165) is 22.8 Å². The van der Waals surface area contributed by atoms with E-state index in [2.05, 4.69) is 10.6 Å². The molecule has 4 heterocycles. The Bertz CT molecular complexity index is 2450. The van der Waals surface area contributed by atoms with Gasteiger partial charge in [0, 0.05) is 48.3 Å². The summed E-state index contributed by atoms with van der Waals surface area (Å²) in [6, 6.07) is 26.1. The Balaban J connectivity index is 1.02. The number of thioether (sulfide) groups is 1. The highest BCUT2D eigenvalue weighted by molar-refractivity contribution is 8.00. The molecule has 4 aromatic rings. The number of amides is 3. The second-order valence-corrected chi connectivity index (χ2v) is 18.6. The molecule has 0 radical (unpaired) electrons. The van der Waals surface area contributed by atoms with E-state index in [4.69, 9.17) is 23.8 Å². The van der Waals surface area contributed by atoms with Crippen molar-refractivity contribution in [3.05, 3.63) is 149 Å². The second kappa shape index (κ2) is 19.6. The highest BCUT2D eigenvalue weighted by Gasteiger charge is 2.50. The van der Waals surface area contributed by atoms with Crippen molar-refractivity contribution in [1.82, 2.24) is 15.3 Å². The van der Waals surface area contributed by atoms with Crippen molar-refractivity contribution in [2.24, 2.45) is 0 Å². The molecule has 0 saturated carbocycles. The monoisotopic (exact) mass is 908 g/mol. The maximum atomic E-state index is 14.7. The van der Waals surface area contributed by atoms with Gasteiger partial charge in [-0.2, -0.15) is 4.57 Å². The molecule has 0 aliphatic carbocycles. The average Bonchev–Trinajstić information content (AvgIpc) is 3.57. The molecule has 2 atom stereocenters. The Morgan fingerprint density at radius 1 is 0.908 bits per heavy atom. The lowest BCUT2D eigenvalue weighted by atomic mass is 10.0. The smallest absolute Gasteiger partial charge is 0.448 e. The molecule has 0 bridgehead atoms. The number of hydrogen-bond acceptors (Lipinski definition) is 12. The number of anilines is 1. The average molecular weight is 909 g/mol. The highest BCUT2D eigenvalue weighted by Crippen LogP contribution is 2.43. The van der Waals surface area contributed by atoms with Gasteiger partial charge in [-0.05, 0) is 88.4 Å². The second-order valence-electron chi connectivity index (χ2n) is 17.5. The number of nitrogens with zero attached hydrogens (tertiary/aromatic N) is 3. The van der Waals surface area contributed by atoms with Gasteiger partial charge in [-0.15, -0.1) is 11.8 Å². The van der Waals surface area contributed by atoms with Gasteiger partial charge in [-0.25, -0.2) is 28.7 Å². The number of pyridine rings is 1. The summed E-state index contributed by atoms with van der Waals surface area (Å²) in [4.78, 5) is 73.4. The van der Waals surface area contributed by atoms with Crippen LogP contribution < -0.4 is 19.9 Å². The maximum absolute atomic E-state index is 14.7. The largest absolute Gasteiger partial charge is 0.514 e. The van der Waals surface area contributed by atoms with Gasteiger partial charge >= 0.3 is 18.2 Å². The number of carbonyl (C=O) groups excluding carboxylic acids is 5. The van der Waals surface area contributed by atoms with Crippen molar-refractivity contribution in [3.63, 3.8) is 0 Å². The zero-order chi connectivity index (χ0) is 46.5.